The van der Waals surface area contributed by atoms with Crippen molar-refractivity contribution in [3.05, 3.63) is 17.1 Å². The quantitative estimate of drug-likeness (QED) is 0.761. The van der Waals surface area contributed by atoms with E-state index in [0.717, 1.165) is 5.39 Å². The molecule has 0 atom stereocenters. The molecule has 2 aromatic rings. The molecule has 2 heterocycles. The zero-order valence-corrected chi connectivity index (χ0v) is 12.7. The first-order valence-corrected chi connectivity index (χ1v) is 7.38. The molecule has 0 spiro atoms. The highest BCUT2D eigenvalue weighted by molar-refractivity contribution is 7.21. The summed E-state index contributed by atoms with van der Waals surface area (Å²) in [6, 6.07) is 1.81. The van der Waals surface area contributed by atoms with Crippen LogP contribution < -0.4 is 16.4 Å². The van der Waals surface area contributed by atoms with Gasteiger partial charge in [0.05, 0.1) is 11.9 Å². The van der Waals surface area contributed by atoms with Gasteiger partial charge in [-0.2, -0.15) is 5.10 Å². The number of nitrogens with two attached hydrogens (primary N) is 1. The molecule has 0 saturated heterocycles. The molecule has 2 aromatic heterocycles. The Morgan fingerprint density at radius 2 is 2.19 bits per heavy atom. The number of nitrogen functional groups attached to an aromatic ring is 1. The minimum atomic E-state index is -0.298. The first-order chi connectivity index (χ1) is 9.99. The molecule has 21 heavy (non-hydrogen) atoms. The lowest BCUT2D eigenvalue weighted by Gasteiger charge is -2.08. The van der Waals surface area contributed by atoms with Crippen molar-refractivity contribution in [2.24, 2.45) is 0 Å². The molecule has 7 nitrogen and oxygen atoms in total. The molecule has 4 N–H and O–H groups in total. The van der Waals surface area contributed by atoms with Crippen LogP contribution in [0.5, 0.6) is 0 Å². The number of aromatic nitrogens is 2. The van der Waals surface area contributed by atoms with Gasteiger partial charge in [0.15, 0.2) is 0 Å². The van der Waals surface area contributed by atoms with E-state index in [-0.39, 0.29) is 30.8 Å². The first kappa shape index (κ1) is 15.2. The Bertz CT molecular complexity index is 668. The van der Waals surface area contributed by atoms with Crippen molar-refractivity contribution >= 4 is 39.1 Å². The van der Waals surface area contributed by atoms with Gasteiger partial charge < -0.3 is 16.4 Å². The number of nitrogens with one attached hydrogen (secondary N) is 2. The average Bonchev–Trinajstić information content (AvgIpc) is 2.76. The van der Waals surface area contributed by atoms with Gasteiger partial charge in [-0.1, -0.05) is 0 Å². The van der Waals surface area contributed by atoms with Gasteiger partial charge >= 0.3 is 0 Å². The summed E-state index contributed by atoms with van der Waals surface area (Å²) in [5.41, 5.74) is 6.34. The standard InChI is InChI=1S/C13H17N5O2S/c1-7(2)17-9(19)4-5-15-12(20)11-10(14)8-3-6-16-18-13(8)21-11/h3,6-7H,4-5,14H2,1-2H3,(H,15,20)(H,17,19). The highest BCUT2D eigenvalue weighted by atomic mass is 32.1. The van der Waals surface area contributed by atoms with Crippen molar-refractivity contribution in [1.82, 2.24) is 20.8 Å². The molecule has 0 saturated carbocycles. The first-order valence-electron chi connectivity index (χ1n) is 6.56. The molecule has 8 heteroatoms. The van der Waals surface area contributed by atoms with Crippen LogP contribution in [-0.4, -0.2) is 34.6 Å². The molecule has 0 aliphatic carbocycles. The third-order valence-electron chi connectivity index (χ3n) is 2.71. The number of carbonyl (C=O) groups is 2. The Morgan fingerprint density at radius 3 is 2.86 bits per heavy atom. The maximum absolute atomic E-state index is 12.1. The number of carbonyl (C=O) groups excluding carboxylic acids is 2. The number of hydrogen-bond acceptors (Lipinski definition) is 6. The van der Waals surface area contributed by atoms with Crippen molar-refractivity contribution in [3.8, 4) is 0 Å². The third kappa shape index (κ3) is 3.66. The fourth-order valence-corrected chi connectivity index (χ4v) is 2.76. The second-order valence-corrected chi connectivity index (χ2v) is 5.82. The average molecular weight is 307 g/mol. The fourth-order valence-electron chi connectivity index (χ4n) is 1.81. The van der Waals surface area contributed by atoms with Gasteiger partial charge in [-0.05, 0) is 19.9 Å². The summed E-state index contributed by atoms with van der Waals surface area (Å²) in [6.07, 6.45) is 1.76. The molecule has 112 valence electrons. The van der Waals surface area contributed by atoms with Gasteiger partial charge in [0, 0.05) is 24.4 Å². The molecular formula is C13H17N5O2S. The van der Waals surface area contributed by atoms with Crippen molar-refractivity contribution in [1.29, 1.82) is 0 Å². The van der Waals surface area contributed by atoms with Crippen LogP contribution in [-0.2, 0) is 4.79 Å². The fraction of sp³-hybridized carbons (Fsp3) is 0.385. The van der Waals surface area contributed by atoms with Crippen LogP contribution in [0.15, 0.2) is 12.3 Å². The molecule has 0 bridgehead atoms. The predicted octanol–water partition coefficient (Wildman–Crippen LogP) is 0.918. The molecule has 2 amide bonds. The lowest BCUT2D eigenvalue weighted by molar-refractivity contribution is -0.121. The Hall–Kier alpha value is -2.22. The Balaban J connectivity index is 1.96. The number of amides is 2. The molecule has 0 aliphatic heterocycles. The molecule has 0 aromatic carbocycles. The van der Waals surface area contributed by atoms with E-state index in [1.165, 1.54) is 17.5 Å². The van der Waals surface area contributed by atoms with Crippen LogP contribution in [0.2, 0.25) is 0 Å². The summed E-state index contributed by atoms with van der Waals surface area (Å²) in [5.74, 6) is -0.395. The monoisotopic (exact) mass is 307 g/mol. The van der Waals surface area contributed by atoms with Gasteiger partial charge in [-0.25, -0.2) is 0 Å². The van der Waals surface area contributed by atoms with E-state index < -0.39 is 0 Å². The molecule has 2 rings (SSSR count). The Kier molecular flexibility index (Phi) is 4.69. The van der Waals surface area contributed by atoms with Crippen LogP contribution in [0.3, 0.4) is 0 Å². The van der Waals surface area contributed by atoms with E-state index in [0.29, 0.717) is 15.4 Å². The highest BCUT2D eigenvalue weighted by Crippen LogP contribution is 2.31. The van der Waals surface area contributed by atoms with E-state index in [2.05, 4.69) is 20.8 Å². The molecule has 0 unspecified atom stereocenters. The Labute approximate surface area is 125 Å². The summed E-state index contributed by atoms with van der Waals surface area (Å²) in [6.45, 7) is 4.03. The number of hydrogen-bond donors (Lipinski definition) is 3. The van der Waals surface area contributed by atoms with E-state index in [1.54, 1.807) is 6.07 Å². The zero-order valence-electron chi connectivity index (χ0n) is 11.8. The largest absolute Gasteiger partial charge is 0.397 e. The second-order valence-electron chi connectivity index (χ2n) is 4.82. The summed E-state index contributed by atoms with van der Waals surface area (Å²) in [7, 11) is 0. The van der Waals surface area contributed by atoms with Crippen LogP contribution in [0.1, 0.15) is 29.9 Å². The van der Waals surface area contributed by atoms with Gasteiger partial charge in [0.1, 0.15) is 9.71 Å². The number of thiophene rings is 1. The normalized spacial score (nSPS) is 10.8. The van der Waals surface area contributed by atoms with Gasteiger partial charge in [0.25, 0.3) is 5.91 Å². The number of anilines is 1. The van der Waals surface area contributed by atoms with Crippen LogP contribution >= 0.6 is 11.3 Å². The second kappa shape index (κ2) is 6.49. The maximum atomic E-state index is 12.1. The molecule has 0 aliphatic rings. The molecule has 0 fully saturated rings. The van der Waals surface area contributed by atoms with Crippen LogP contribution in [0, 0.1) is 0 Å². The Morgan fingerprint density at radius 1 is 1.43 bits per heavy atom. The lowest BCUT2D eigenvalue weighted by Crippen LogP contribution is -2.34. The van der Waals surface area contributed by atoms with Crippen LogP contribution in [0.4, 0.5) is 5.69 Å². The third-order valence-corrected chi connectivity index (χ3v) is 3.82. The van der Waals surface area contributed by atoms with Crippen molar-refractivity contribution in [2.75, 3.05) is 12.3 Å². The SMILES string of the molecule is CC(C)NC(=O)CCNC(=O)c1sc2nnccc2c1N. The van der Waals surface area contributed by atoms with Gasteiger partial charge in [-0.15, -0.1) is 16.4 Å². The lowest BCUT2D eigenvalue weighted by atomic mass is 10.2. The topological polar surface area (TPSA) is 110 Å². The maximum Gasteiger partial charge on any atom is 0.263 e. The molecule has 0 radical (unpaired) electrons. The van der Waals surface area contributed by atoms with Gasteiger partial charge in [-0.3, -0.25) is 9.59 Å². The smallest absolute Gasteiger partial charge is 0.263 e. The van der Waals surface area contributed by atoms with Crippen LogP contribution in [0.25, 0.3) is 10.2 Å². The van der Waals surface area contributed by atoms with E-state index >= 15 is 0 Å². The summed E-state index contributed by atoms with van der Waals surface area (Å²) in [5, 5.41) is 13.9. The van der Waals surface area contributed by atoms with E-state index in [1.807, 2.05) is 13.8 Å². The van der Waals surface area contributed by atoms with Crippen molar-refractivity contribution in [2.45, 2.75) is 26.3 Å². The summed E-state index contributed by atoms with van der Waals surface area (Å²) >= 11 is 1.19. The summed E-state index contributed by atoms with van der Waals surface area (Å²) < 4.78 is 0. The van der Waals surface area contributed by atoms with E-state index in [4.69, 9.17) is 5.73 Å². The number of fused-ring (bicyclic) bond motifs is 1. The zero-order chi connectivity index (χ0) is 15.4. The van der Waals surface area contributed by atoms with Crippen molar-refractivity contribution in [3.63, 3.8) is 0 Å². The predicted molar refractivity (Wildman–Crippen MR) is 82.1 cm³/mol. The minimum absolute atomic E-state index is 0.0880. The summed E-state index contributed by atoms with van der Waals surface area (Å²) in [4.78, 5) is 24.6. The highest BCUT2D eigenvalue weighted by Gasteiger charge is 2.17. The molecular weight excluding hydrogens is 290 g/mol. The van der Waals surface area contributed by atoms with Gasteiger partial charge in [0.2, 0.25) is 5.91 Å². The minimum Gasteiger partial charge on any atom is -0.397 e. The van der Waals surface area contributed by atoms with Crippen molar-refractivity contribution < 1.29 is 9.59 Å². The number of nitrogens with zero attached hydrogens (tertiary/aromatic N) is 2. The number of rotatable bonds is 5. The van der Waals surface area contributed by atoms with E-state index in [9.17, 15) is 9.59 Å².